The van der Waals surface area contributed by atoms with E-state index in [1.165, 1.54) is 31.6 Å². The molecule has 0 radical (unpaired) electrons. The van der Waals surface area contributed by atoms with E-state index in [1.54, 1.807) is 0 Å². The summed E-state index contributed by atoms with van der Waals surface area (Å²) in [5, 5.41) is 22.6. The molecule has 0 aliphatic rings. The molecule has 1 amide bonds. The maximum Gasteiger partial charge on any atom is 0.286 e. The van der Waals surface area contributed by atoms with Gasteiger partial charge in [0.1, 0.15) is 10.6 Å². The van der Waals surface area contributed by atoms with Gasteiger partial charge in [0.05, 0.1) is 25.2 Å². The number of rotatable bonds is 7. The molecule has 2 rings (SSSR count). The first-order valence-corrected chi connectivity index (χ1v) is 7.85. The first-order valence-electron chi connectivity index (χ1n) is 7.04. The third kappa shape index (κ3) is 3.77. The minimum Gasteiger partial charge on any atom is -0.493 e. The Morgan fingerprint density at radius 2 is 1.96 bits per heavy atom. The molecule has 1 heterocycles. The van der Waals surface area contributed by atoms with E-state index >= 15 is 0 Å². The summed E-state index contributed by atoms with van der Waals surface area (Å²) in [7, 11) is 2.74. The predicted molar refractivity (Wildman–Crippen MR) is 88.1 cm³/mol. The summed E-state index contributed by atoms with van der Waals surface area (Å²) < 4.78 is 10.1. The Morgan fingerprint density at radius 3 is 2.54 bits per heavy atom. The van der Waals surface area contributed by atoms with Crippen LogP contribution in [0.5, 0.6) is 11.5 Å². The van der Waals surface area contributed by atoms with Gasteiger partial charge >= 0.3 is 0 Å². The van der Waals surface area contributed by atoms with E-state index in [0.717, 1.165) is 23.9 Å². The fourth-order valence-electron chi connectivity index (χ4n) is 1.98. The molecular weight excluding hydrogens is 336 g/mol. The highest BCUT2D eigenvalue weighted by molar-refractivity contribution is 7.15. The molecule has 0 saturated carbocycles. The van der Waals surface area contributed by atoms with Crippen molar-refractivity contribution in [2.75, 3.05) is 19.5 Å². The van der Waals surface area contributed by atoms with E-state index in [-0.39, 0.29) is 27.9 Å². The number of carbonyl (C=O) groups is 1. The molecule has 1 aromatic carbocycles. The number of aryl methyl sites for hydroxylation is 1. The van der Waals surface area contributed by atoms with Gasteiger partial charge in [-0.1, -0.05) is 18.3 Å². The largest absolute Gasteiger partial charge is 0.493 e. The summed E-state index contributed by atoms with van der Waals surface area (Å²) in [6.07, 6.45) is 1.66. The van der Waals surface area contributed by atoms with Crippen LogP contribution >= 0.6 is 11.3 Å². The lowest BCUT2D eigenvalue weighted by Gasteiger charge is -2.10. The number of hydrogen-bond acceptors (Lipinski definition) is 8. The number of amides is 1. The standard InChI is InChI=1S/C14H16N4O5S/c1-4-5-12-16-17-14(24-12)15-13(19)8-6-10(22-2)11(23-3)7-9(8)18(20)21/h6-7H,4-5H2,1-3H3,(H,15,17,19). The van der Waals surface area contributed by atoms with E-state index in [9.17, 15) is 14.9 Å². The average Bonchev–Trinajstić information content (AvgIpc) is 3.00. The Kier molecular flexibility index (Phi) is 5.64. The van der Waals surface area contributed by atoms with Gasteiger partial charge in [-0.05, 0) is 6.42 Å². The number of benzene rings is 1. The van der Waals surface area contributed by atoms with Gasteiger partial charge < -0.3 is 9.47 Å². The van der Waals surface area contributed by atoms with Crippen LogP contribution in [0.25, 0.3) is 0 Å². The van der Waals surface area contributed by atoms with Crippen molar-refractivity contribution in [3.63, 3.8) is 0 Å². The van der Waals surface area contributed by atoms with Crippen molar-refractivity contribution in [2.24, 2.45) is 0 Å². The molecule has 0 saturated heterocycles. The number of nitro groups is 1. The second kappa shape index (κ2) is 7.68. The molecule has 0 fully saturated rings. The minimum atomic E-state index is -0.665. The first kappa shape index (κ1) is 17.6. The number of carbonyl (C=O) groups excluding carboxylic acids is 1. The van der Waals surface area contributed by atoms with Crippen LogP contribution < -0.4 is 14.8 Å². The summed E-state index contributed by atoms with van der Waals surface area (Å²) in [5.74, 6) is -0.277. The van der Waals surface area contributed by atoms with E-state index in [4.69, 9.17) is 9.47 Å². The van der Waals surface area contributed by atoms with Crippen molar-refractivity contribution in [2.45, 2.75) is 19.8 Å². The molecule has 0 aliphatic heterocycles. The highest BCUT2D eigenvalue weighted by atomic mass is 32.1. The number of anilines is 1. The van der Waals surface area contributed by atoms with Crippen molar-refractivity contribution in [3.05, 3.63) is 32.8 Å². The summed E-state index contributed by atoms with van der Waals surface area (Å²) in [4.78, 5) is 23.0. The highest BCUT2D eigenvalue weighted by Gasteiger charge is 2.25. The van der Waals surface area contributed by atoms with E-state index < -0.39 is 10.8 Å². The molecule has 2 aromatic rings. The number of hydrogen-bond donors (Lipinski definition) is 1. The second-order valence-corrected chi connectivity index (χ2v) is 5.75. The molecule has 24 heavy (non-hydrogen) atoms. The number of nitro benzene ring substituents is 1. The lowest BCUT2D eigenvalue weighted by atomic mass is 10.1. The Bertz CT molecular complexity index is 762. The summed E-state index contributed by atoms with van der Waals surface area (Å²) in [6, 6.07) is 2.41. The van der Waals surface area contributed by atoms with Crippen LogP contribution in [-0.2, 0) is 6.42 Å². The number of nitrogens with zero attached hydrogens (tertiary/aromatic N) is 3. The predicted octanol–water partition coefficient (Wildman–Crippen LogP) is 2.67. The van der Waals surface area contributed by atoms with Crippen LogP contribution in [0.2, 0.25) is 0 Å². The zero-order valence-corrected chi connectivity index (χ0v) is 14.2. The third-order valence-corrected chi connectivity index (χ3v) is 3.99. The number of nitrogens with one attached hydrogen (secondary N) is 1. The molecule has 0 aliphatic carbocycles. The average molecular weight is 352 g/mol. The molecule has 0 atom stereocenters. The maximum atomic E-state index is 12.4. The molecule has 0 unspecified atom stereocenters. The maximum absolute atomic E-state index is 12.4. The van der Waals surface area contributed by atoms with E-state index in [2.05, 4.69) is 15.5 Å². The van der Waals surface area contributed by atoms with Crippen molar-refractivity contribution >= 4 is 28.1 Å². The Hall–Kier alpha value is -2.75. The van der Waals surface area contributed by atoms with Crippen LogP contribution in [0.15, 0.2) is 12.1 Å². The Labute approximate surface area is 141 Å². The van der Waals surface area contributed by atoms with Crippen molar-refractivity contribution < 1.29 is 19.2 Å². The van der Waals surface area contributed by atoms with Crippen LogP contribution in [0.3, 0.4) is 0 Å². The zero-order valence-electron chi connectivity index (χ0n) is 13.4. The van der Waals surface area contributed by atoms with Gasteiger partial charge in [-0.15, -0.1) is 10.2 Å². The smallest absolute Gasteiger partial charge is 0.286 e. The monoisotopic (exact) mass is 352 g/mol. The van der Waals surface area contributed by atoms with Gasteiger partial charge in [0.15, 0.2) is 11.5 Å². The lowest BCUT2D eigenvalue weighted by molar-refractivity contribution is -0.385. The number of methoxy groups -OCH3 is 2. The molecule has 1 aromatic heterocycles. The molecule has 0 spiro atoms. The fourth-order valence-corrected chi connectivity index (χ4v) is 2.82. The van der Waals surface area contributed by atoms with Crippen molar-refractivity contribution in [3.8, 4) is 11.5 Å². The van der Waals surface area contributed by atoms with Crippen LogP contribution in [-0.4, -0.2) is 35.2 Å². The zero-order chi connectivity index (χ0) is 17.7. The quantitative estimate of drug-likeness (QED) is 0.601. The van der Waals surface area contributed by atoms with Crippen LogP contribution in [0.1, 0.15) is 28.7 Å². The van der Waals surface area contributed by atoms with Gasteiger partial charge in [0, 0.05) is 12.5 Å². The van der Waals surface area contributed by atoms with Gasteiger partial charge in [-0.2, -0.15) is 0 Å². The van der Waals surface area contributed by atoms with Crippen molar-refractivity contribution in [1.82, 2.24) is 10.2 Å². The number of ether oxygens (including phenoxy) is 2. The Balaban J connectivity index is 2.34. The topological polar surface area (TPSA) is 116 Å². The molecule has 0 bridgehead atoms. The molecule has 9 nitrogen and oxygen atoms in total. The number of aromatic nitrogens is 2. The van der Waals surface area contributed by atoms with Crippen molar-refractivity contribution in [1.29, 1.82) is 0 Å². The minimum absolute atomic E-state index is 0.148. The van der Waals surface area contributed by atoms with E-state index in [1.807, 2.05) is 6.92 Å². The highest BCUT2D eigenvalue weighted by Crippen LogP contribution is 2.35. The van der Waals surface area contributed by atoms with Crippen LogP contribution in [0, 0.1) is 10.1 Å². The normalized spacial score (nSPS) is 10.3. The first-order chi connectivity index (χ1) is 11.5. The third-order valence-electron chi connectivity index (χ3n) is 3.09. The Morgan fingerprint density at radius 1 is 1.29 bits per heavy atom. The summed E-state index contributed by atoms with van der Waals surface area (Å²) in [5.41, 5.74) is -0.534. The SMILES string of the molecule is CCCc1nnc(NC(=O)c2cc(OC)c(OC)cc2[N+](=O)[O-])s1. The molecular formula is C14H16N4O5S. The summed E-state index contributed by atoms with van der Waals surface area (Å²) in [6.45, 7) is 2.01. The van der Waals surface area contributed by atoms with Gasteiger partial charge in [0.2, 0.25) is 5.13 Å². The molecule has 10 heteroatoms. The van der Waals surface area contributed by atoms with E-state index in [0.29, 0.717) is 0 Å². The molecule has 1 N–H and O–H groups in total. The second-order valence-electron chi connectivity index (χ2n) is 4.69. The summed E-state index contributed by atoms with van der Waals surface area (Å²) >= 11 is 1.23. The van der Waals surface area contributed by atoms with Crippen LogP contribution in [0.4, 0.5) is 10.8 Å². The molecule has 128 valence electrons. The fraction of sp³-hybridized carbons (Fsp3) is 0.357. The van der Waals surface area contributed by atoms with Gasteiger partial charge in [0.25, 0.3) is 11.6 Å². The van der Waals surface area contributed by atoms with Gasteiger partial charge in [-0.25, -0.2) is 0 Å². The lowest BCUT2D eigenvalue weighted by Crippen LogP contribution is -2.14. The van der Waals surface area contributed by atoms with Gasteiger partial charge in [-0.3, -0.25) is 20.2 Å².